The van der Waals surface area contributed by atoms with Gasteiger partial charge in [0.05, 0.1) is 30.4 Å². The molecule has 0 unspecified atom stereocenters. The normalized spacial score (nSPS) is 11.1. The first-order valence-corrected chi connectivity index (χ1v) is 10.9. The minimum absolute atomic E-state index is 0.0165. The number of carbonyl (C=O) groups excluding carboxylic acids is 1. The van der Waals surface area contributed by atoms with E-state index in [0.717, 1.165) is 5.56 Å². The van der Waals surface area contributed by atoms with Crippen molar-refractivity contribution in [3.8, 4) is 17.2 Å². The van der Waals surface area contributed by atoms with Crippen molar-refractivity contribution in [3.05, 3.63) is 76.3 Å². The number of phenolic OH excluding ortho intramolecular Hbond substituents is 1. The summed E-state index contributed by atoms with van der Waals surface area (Å²) in [6.07, 6.45) is 0. The number of nitrogens with one attached hydrogen (secondary N) is 1. The summed E-state index contributed by atoms with van der Waals surface area (Å²) in [4.78, 5) is 13.3. The molecule has 0 heterocycles. The van der Waals surface area contributed by atoms with Crippen LogP contribution in [0.4, 0.5) is 5.69 Å². The molecule has 2 N–H and O–H groups in total. The number of ketones is 1. The number of anilines is 1. The van der Waals surface area contributed by atoms with Gasteiger partial charge in [0.1, 0.15) is 0 Å². The third-order valence-corrected chi connectivity index (χ3v) is 6.18. The zero-order valence-corrected chi connectivity index (χ0v) is 18.5. The molecule has 3 aromatic carbocycles. The third kappa shape index (κ3) is 4.60. The Morgan fingerprint density at radius 2 is 1.65 bits per heavy atom. The Morgan fingerprint density at radius 1 is 0.968 bits per heavy atom. The molecule has 7 nitrogen and oxygen atoms in total. The summed E-state index contributed by atoms with van der Waals surface area (Å²) in [5, 5.41) is 10.8. The zero-order chi connectivity index (χ0) is 22.8. The summed E-state index contributed by atoms with van der Waals surface area (Å²) in [6.45, 7) is 1.84. The van der Waals surface area contributed by atoms with Crippen LogP contribution < -0.4 is 14.2 Å². The Labute approximate surface area is 185 Å². The van der Waals surface area contributed by atoms with Crippen LogP contribution in [0.1, 0.15) is 21.5 Å². The Morgan fingerprint density at radius 3 is 2.26 bits per heavy atom. The highest BCUT2D eigenvalue weighted by Gasteiger charge is 2.24. The molecule has 0 saturated heterocycles. The lowest BCUT2D eigenvalue weighted by Gasteiger charge is -2.15. The lowest BCUT2D eigenvalue weighted by molar-refractivity contribution is 0.103. The molecule has 0 radical (unpaired) electrons. The lowest BCUT2D eigenvalue weighted by atomic mass is 10.0. The Kier molecular flexibility index (Phi) is 6.42. The van der Waals surface area contributed by atoms with Crippen LogP contribution in [-0.2, 0) is 10.0 Å². The Bertz CT molecular complexity index is 1240. The van der Waals surface area contributed by atoms with Crippen LogP contribution in [0.15, 0.2) is 59.5 Å². The Hall–Kier alpha value is -3.23. The maximum absolute atomic E-state index is 13.2. The second-order valence-electron chi connectivity index (χ2n) is 6.63. The summed E-state index contributed by atoms with van der Waals surface area (Å²) in [5.74, 6) is -0.859. The number of aromatic hydroxyl groups is 1. The Balaban J connectivity index is 2.06. The van der Waals surface area contributed by atoms with Crippen LogP contribution in [0.2, 0.25) is 5.02 Å². The topological polar surface area (TPSA) is 102 Å². The largest absolute Gasteiger partial charge is 0.504 e. The molecule has 0 aromatic heterocycles. The molecule has 31 heavy (non-hydrogen) atoms. The minimum Gasteiger partial charge on any atom is -0.504 e. The van der Waals surface area contributed by atoms with E-state index in [1.807, 2.05) is 6.92 Å². The van der Waals surface area contributed by atoms with Crippen molar-refractivity contribution in [1.29, 1.82) is 0 Å². The number of benzene rings is 3. The number of methoxy groups -OCH3 is 2. The van der Waals surface area contributed by atoms with Crippen molar-refractivity contribution in [2.24, 2.45) is 0 Å². The molecular formula is C22H20ClNO6S. The number of phenols is 1. The van der Waals surface area contributed by atoms with Crippen molar-refractivity contribution in [2.75, 3.05) is 18.9 Å². The average molecular weight is 462 g/mol. The maximum atomic E-state index is 13.2. The highest BCUT2D eigenvalue weighted by molar-refractivity contribution is 7.92. The van der Waals surface area contributed by atoms with E-state index in [9.17, 15) is 18.3 Å². The van der Waals surface area contributed by atoms with Crippen molar-refractivity contribution in [3.63, 3.8) is 0 Å². The van der Waals surface area contributed by atoms with Crippen molar-refractivity contribution >= 4 is 33.1 Å². The van der Waals surface area contributed by atoms with Crippen LogP contribution in [0.3, 0.4) is 0 Å². The molecule has 162 valence electrons. The van der Waals surface area contributed by atoms with E-state index in [4.69, 9.17) is 21.1 Å². The van der Waals surface area contributed by atoms with Crippen molar-refractivity contribution in [2.45, 2.75) is 11.8 Å². The molecule has 3 aromatic rings. The molecule has 0 aliphatic rings. The number of aryl methyl sites for hydroxylation is 1. The first kappa shape index (κ1) is 22.5. The fourth-order valence-electron chi connectivity index (χ4n) is 2.95. The molecule has 3 rings (SSSR count). The molecule has 0 fully saturated rings. The highest BCUT2D eigenvalue weighted by Crippen LogP contribution is 2.40. The summed E-state index contributed by atoms with van der Waals surface area (Å²) in [6, 6.07) is 13.3. The van der Waals surface area contributed by atoms with Gasteiger partial charge in [0, 0.05) is 10.6 Å². The number of ether oxygens (including phenoxy) is 2. The molecule has 0 saturated carbocycles. The standard InChI is InChI=1S/C22H20ClNO6S/c1-13-4-7-15(8-5-13)31(27,28)24-18-10-6-14(23)12-17(18)20(25)16-9-11-19(29-2)22(30-3)21(16)26/h4-12,24,26H,1-3H3. The van der Waals surface area contributed by atoms with E-state index in [1.54, 1.807) is 12.1 Å². The van der Waals surface area contributed by atoms with Gasteiger partial charge in [-0.3, -0.25) is 9.52 Å². The fraction of sp³-hybridized carbons (Fsp3) is 0.136. The summed E-state index contributed by atoms with van der Waals surface area (Å²) >= 11 is 6.06. The predicted molar refractivity (Wildman–Crippen MR) is 118 cm³/mol. The molecule has 0 atom stereocenters. The van der Waals surface area contributed by atoms with Gasteiger partial charge < -0.3 is 14.6 Å². The third-order valence-electron chi connectivity index (χ3n) is 4.57. The van der Waals surface area contributed by atoms with E-state index in [0.29, 0.717) is 0 Å². The highest BCUT2D eigenvalue weighted by atomic mass is 35.5. The zero-order valence-electron chi connectivity index (χ0n) is 17.0. The second-order valence-corrected chi connectivity index (χ2v) is 8.75. The first-order valence-electron chi connectivity index (χ1n) is 9.05. The van der Waals surface area contributed by atoms with Crippen LogP contribution in [-0.4, -0.2) is 33.5 Å². The summed E-state index contributed by atoms with van der Waals surface area (Å²) < 4.78 is 38.3. The van der Waals surface area contributed by atoms with Crippen LogP contribution in [0.25, 0.3) is 0 Å². The van der Waals surface area contributed by atoms with Gasteiger partial charge in [-0.1, -0.05) is 29.3 Å². The van der Waals surface area contributed by atoms with E-state index < -0.39 is 21.6 Å². The van der Waals surface area contributed by atoms with Crippen molar-refractivity contribution in [1.82, 2.24) is 0 Å². The molecule has 0 bridgehead atoms. The molecular weight excluding hydrogens is 442 g/mol. The SMILES string of the molecule is COc1ccc(C(=O)c2cc(Cl)ccc2NS(=O)(=O)c2ccc(C)cc2)c(O)c1OC. The maximum Gasteiger partial charge on any atom is 0.261 e. The van der Waals surface area contributed by atoms with Crippen LogP contribution in [0, 0.1) is 6.92 Å². The second kappa shape index (κ2) is 8.87. The van der Waals surface area contributed by atoms with E-state index in [-0.39, 0.29) is 38.2 Å². The van der Waals surface area contributed by atoms with Crippen LogP contribution >= 0.6 is 11.6 Å². The van der Waals surface area contributed by atoms with Gasteiger partial charge in [-0.2, -0.15) is 0 Å². The lowest BCUT2D eigenvalue weighted by Crippen LogP contribution is -2.16. The molecule has 9 heteroatoms. The summed E-state index contributed by atoms with van der Waals surface area (Å²) in [7, 11) is -1.24. The smallest absolute Gasteiger partial charge is 0.261 e. The number of hydrogen-bond donors (Lipinski definition) is 2. The van der Waals surface area contributed by atoms with E-state index >= 15 is 0 Å². The van der Waals surface area contributed by atoms with Gasteiger partial charge in [-0.15, -0.1) is 0 Å². The quantitative estimate of drug-likeness (QED) is 0.505. The van der Waals surface area contributed by atoms with E-state index in [2.05, 4.69) is 4.72 Å². The van der Waals surface area contributed by atoms with Gasteiger partial charge in [0.15, 0.2) is 17.3 Å². The van der Waals surface area contributed by atoms with E-state index in [1.165, 1.54) is 56.7 Å². The predicted octanol–water partition coefficient (Wildman–Crippen LogP) is 4.40. The molecule has 0 aliphatic carbocycles. The number of sulfonamides is 1. The van der Waals surface area contributed by atoms with Gasteiger partial charge in [0.2, 0.25) is 5.75 Å². The average Bonchev–Trinajstić information content (AvgIpc) is 2.74. The number of halogens is 1. The number of rotatable bonds is 7. The first-order chi connectivity index (χ1) is 14.7. The number of hydrogen-bond acceptors (Lipinski definition) is 6. The van der Waals surface area contributed by atoms with Gasteiger partial charge >= 0.3 is 0 Å². The molecule has 0 spiro atoms. The monoisotopic (exact) mass is 461 g/mol. The van der Waals surface area contributed by atoms with Gasteiger partial charge in [-0.25, -0.2) is 8.42 Å². The summed E-state index contributed by atoms with van der Waals surface area (Å²) in [5.41, 5.74) is 0.788. The van der Waals surface area contributed by atoms with Gasteiger partial charge in [0.25, 0.3) is 10.0 Å². The fourth-order valence-corrected chi connectivity index (χ4v) is 4.21. The van der Waals surface area contributed by atoms with Gasteiger partial charge in [-0.05, 0) is 49.4 Å². The van der Waals surface area contributed by atoms with Crippen LogP contribution in [0.5, 0.6) is 17.2 Å². The minimum atomic E-state index is -3.97. The number of carbonyl (C=O) groups is 1. The van der Waals surface area contributed by atoms with Crippen molar-refractivity contribution < 1.29 is 27.8 Å². The molecule has 0 amide bonds. The molecule has 0 aliphatic heterocycles.